The van der Waals surface area contributed by atoms with Crippen LogP contribution in [0.4, 0.5) is 0 Å². The van der Waals surface area contributed by atoms with Gasteiger partial charge in [0.25, 0.3) is 5.91 Å². The molecule has 1 aromatic heterocycles. The summed E-state index contributed by atoms with van der Waals surface area (Å²) in [6.07, 6.45) is 1.60. The van der Waals surface area contributed by atoms with Gasteiger partial charge in [0.2, 0.25) is 0 Å². The predicted octanol–water partition coefficient (Wildman–Crippen LogP) is 1.92. The molecular weight excluding hydrogens is 242 g/mol. The molecule has 5 heteroatoms. The van der Waals surface area contributed by atoms with Crippen LogP contribution in [0.3, 0.4) is 0 Å². The van der Waals surface area contributed by atoms with Crippen LogP contribution in [0.5, 0.6) is 5.75 Å². The van der Waals surface area contributed by atoms with Crippen molar-refractivity contribution in [2.75, 3.05) is 7.11 Å². The Kier molecular flexibility index (Phi) is 3.85. The highest BCUT2D eigenvalue weighted by Gasteiger charge is 2.13. The van der Waals surface area contributed by atoms with Gasteiger partial charge in [-0.1, -0.05) is 12.1 Å². The number of aryl methyl sites for hydroxylation is 1. The van der Waals surface area contributed by atoms with E-state index in [1.54, 1.807) is 31.1 Å². The minimum absolute atomic E-state index is 0.0756. The summed E-state index contributed by atoms with van der Waals surface area (Å²) in [4.78, 5) is 12.0. The van der Waals surface area contributed by atoms with E-state index in [1.165, 1.54) is 0 Å². The Balaban J connectivity index is 2.06. The summed E-state index contributed by atoms with van der Waals surface area (Å²) in [7, 11) is 3.37. The molecule has 19 heavy (non-hydrogen) atoms. The van der Waals surface area contributed by atoms with Crippen molar-refractivity contribution in [1.29, 1.82) is 0 Å². The first kappa shape index (κ1) is 13.1. The summed E-state index contributed by atoms with van der Waals surface area (Å²) in [5.74, 6) is 0.664. The number of ether oxygens (including phenoxy) is 1. The number of carbonyl (C=O) groups excluding carboxylic acids is 1. The molecule has 0 fully saturated rings. The normalized spacial score (nSPS) is 11.9. The van der Waals surface area contributed by atoms with Gasteiger partial charge in [0.05, 0.1) is 13.2 Å². The van der Waals surface area contributed by atoms with Gasteiger partial charge in [-0.3, -0.25) is 9.48 Å². The van der Waals surface area contributed by atoms with Crippen molar-refractivity contribution < 1.29 is 9.53 Å². The molecule has 1 amide bonds. The first-order chi connectivity index (χ1) is 9.11. The Bertz CT molecular complexity index is 560. The molecule has 1 heterocycles. The summed E-state index contributed by atoms with van der Waals surface area (Å²) in [6, 6.07) is 9.24. The van der Waals surface area contributed by atoms with Crippen LogP contribution in [-0.2, 0) is 7.05 Å². The molecule has 1 atom stereocenters. The second-order valence-electron chi connectivity index (χ2n) is 4.31. The Morgan fingerprint density at radius 1 is 1.32 bits per heavy atom. The zero-order valence-corrected chi connectivity index (χ0v) is 11.3. The van der Waals surface area contributed by atoms with E-state index in [4.69, 9.17) is 4.74 Å². The number of nitrogens with one attached hydrogen (secondary N) is 1. The molecule has 0 spiro atoms. The summed E-state index contributed by atoms with van der Waals surface area (Å²) in [6.45, 7) is 1.94. The monoisotopic (exact) mass is 259 g/mol. The van der Waals surface area contributed by atoms with Gasteiger partial charge >= 0.3 is 0 Å². The molecule has 0 aliphatic rings. The van der Waals surface area contributed by atoms with Gasteiger partial charge in [0.1, 0.15) is 11.4 Å². The molecule has 1 aromatic carbocycles. The van der Waals surface area contributed by atoms with Gasteiger partial charge in [0.15, 0.2) is 0 Å². The summed E-state index contributed by atoms with van der Waals surface area (Å²) in [5.41, 5.74) is 1.57. The van der Waals surface area contributed by atoms with Crippen LogP contribution in [-0.4, -0.2) is 22.8 Å². The minimum Gasteiger partial charge on any atom is -0.497 e. The summed E-state index contributed by atoms with van der Waals surface area (Å²) in [5, 5.41) is 6.92. The molecule has 100 valence electrons. The van der Waals surface area contributed by atoms with E-state index in [0.29, 0.717) is 5.69 Å². The minimum atomic E-state index is -0.136. The number of methoxy groups -OCH3 is 1. The fraction of sp³-hybridized carbons (Fsp3) is 0.286. The molecule has 2 rings (SSSR count). The van der Waals surface area contributed by atoms with E-state index in [-0.39, 0.29) is 11.9 Å². The van der Waals surface area contributed by atoms with E-state index >= 15 is 0 Å². The third kappa shape index (κ3) is 2.93. The Morgan fingerprint density at radius 2 is 2.00 bits per heavy atom. The van der Waals surface area contributed by atoms with Gasteiger partial charge in [-0.2, -0.15) is 5.10 Å². The lowest BCUT2D eigenvalue weighted by Crippen LogP contribution is -2.28. The lowest BCUT2D eigenvalue weighted by atomic mass is 10.1. The Morgan fingerprint density at radius 3 is 2.53 bits per heavy atom. The lowest BCUT2D eigenvalue weighted by Gasteiger charge is -2.14. The average Bonchev–Trinajstić information content (AvgIpc) is 2.85. The molecule has 0 saturated carbocycles. The molecule has 1 unspecified atom stereocenters. The molecule has 0 aliphatic carbocycles. The molecule has 1 N–H and O–H groups in total. The van der Waals surface area contributed by atoms with E-state index in [2.05, 4.69) is 10.4 Å². The zero-order valence-electron chi connectivity index (χ0n) is 11.3. The van der Waals surface area contributed by atoms with Gasteiger partial charge in [0, 0.05) is 13.2 Å². The Hall–Kier alpha value is -2.30. The first-order valence-electron chi connectivity index (χ1n) is 6.04. The zero-order chi connectivity index (χ0) is 13.8. The largest absolute Gasteiger partial charge is 0.497 e. The van der Waals surface area contributed by atoms with Crippen molar-refractivity contribution in [2.24, 2.45) is 7.05 Å². The van der Waals surface area contributed by atoms with Crippen LogP contribution in [0, 0.1) is 0 Å². The van der Waals surface area contributed by atoms with E-state index in [9.17, 15) is 4.79 Å². The number of benzene rings is 1. The predicted molar refractivity (Wildman–Crippen MR) is 72.1 cm³/mol. The number of carbonyl (C=O) groups is 1. The Labute approximate surface area is 112 Å². The van der Waals surface area contributed by atoms with E-state index in [0.717, 1.165) is 11.3 Å². The second-order valence-corrected chi connectivity index (χ2v) is 4.31. The fourth-order valence-corrected chi connectivity index (χ4v) is 1.84. The molecule has 0 bridgehead atoms. The van der Waals surface area contributed by atoms with Gasteiger partial charge in [-0.05, 0) is 30.7 Å². The van der Waals surface area contributed by atoms with Crippen molar-refractivity contribution in [3.05, 3.63) is 47.8 Å². The summed E-state index contributed by atoms with van der Waals surface area (Å²) >= 11 is 0. The topological polar surface area (TPSA) is 56.1 Å². The van der Waals surface area contributed by atoms with Crippen LogP contribution in [0.25, 0.3) is 0 Å². The standard InChI is InChI=1S/C14H17N3O2/c1-10(11-4-6-12(19-3)7-5-11)16-14(18)13-8-9-15-17(13)2/h4-10H,1-3H3,(H,16,18). The van der Waals surface area contributed by atoms with E-state index < -0.39 is 0 Å². The van der Waals surface area contributed by atoms with Crippen LogP contribution in [0.15, 0.2) is 36.5 Å². The molecule has 0 radical (unpaired) electrons. The third-order valence-electron chi connectivity index (χ3n) is 3.02. The molecule has 0 aliphatic heterocycles. The molecule has 0 saturated heterocycles. The highest BCUT2D eigenvalue weighted by molar-refractivity contribution is 5.92. The number of hydrogen-bond acceptors (Lipinski definition) is 3. The number of rotatable bonds is 4. The fourth-order valence-electron chi connectivity index (χ4n) is 1.84. The van der Waals surface area contributed by atoms with Gasteiger partial charge in [-0.15, -0.1) is 0 Å². The lowest BCUT2D eigenvalue weighted by molar-refractivity contribution is 0.0930. The molecule has 5 nitrogen and oxygen atoms in total. The smallest absolute Gasteiger partial charge is 0.270 e. The van der Waals surface area contributed by atoms with Crippen molar-refractivity contribution in [2.45, 2.75) is 13.0 Å². The average molecular weight is 259 g/mol. The highest BCUT2D eigenvalue weighted by atomic mass is 16.5. The van der Waals surface area contributed by atoms with Crippen molar-refractivity contribution in [3.8, 4) is 5.75 Å². The number of nitrogens with zero attached hydrogens (tertiary/aromatic N) is 2. The number of amides is 1. The van der Waals surface area contributed by atoms with Gasteiger partial charge < -0.3 is 10.1 Å². The maximum absolute atomic E-state index is 12.0. The highest BCUT2D eigenvalue weighted by Crippen LogP contribution is 2.17. The maximum Gasteiger partial charge on any atom is 0.270 e. The molecule has 2 aromatic rings. The number of hydrogen-bond donors (Lipinski definition) is 1. The molecular formula is C14H17N3O2. The van der Waals surface area contributed by atoms with E-state index in [1.807, 2.05) is 31.2 Å². The number of aromatic nitrogens is 2. The van der Waals surface area contributed by atoms with Crippen LogP contribution >= 0.6 is 0 Å². The van der Waals surface area contributed by atoms with Crippen molar-refractivity contribution in [1.82, 2.24) is 15.1 Å². The summed E-state index contributed by atoms with van der Waals surface area (Å²) < 4.78 is 6.66. The van der Waals surface area contributed by atoms with Crippen molar-refractivity contribution in [3.63, 3.8) is 0 Å². The van der Waals surface area contributed by atoms with Gasteiger partial charge in [-0.25, -0.2) is 0 Å². The first-order valence-corrected chi connectivity index (χ1v) is 6.04. The second kappa shape index (κ2) is 5.56. The maximum atomic E-state index is 12.0. The van der Waals surface area contributed by atoms with Crippen molar-refractivity contribution >= 4 is 5.91 Å². The van der Waals surface area contributed by atoms with Crippen LogP contribution in [0.2, 0.25) is 0 Å². The van der Waals surface area contributed by atoms with Crippen LogP contribution in [0.1, 0.15) is 29.0 Å². The third-order valence-corrected chi connectivity index (χ3v) is 3.02. The quantitative estimate of drug-likeness (QED) is 0.912. The SMILES string of the molecule is COc1ccc(C(C)NC(=O)c2ccnn2C)cc1. The van der Waals surface area contributed by atoms with Crippen LogP contribution < -0.4 is 10.1 Å².